The second-order valence-electron chi connectivity index (χ2n) is 5.07. The highest BCUT2D eigenvalue weighted by atomic mass is 35.5. The highest BCUT2D eigenvalue weighted by molar-refractivity contribution is 6.30. The summed E-state index contributed by atoms with van der Waals surface area (Å²) in [4.78, 5) is 16.1. The summed E-state index contributed by atoms with van der Waals surface area (Å²) in [5, 5.41) is 15.1. The van der Waals surface area contributed by atoms with Crippen LogP contribution in [0.3, 0.4) is 0 Å². The van der Waals surface area contributed by atoms with Crippen LogP contribution in [0.5, 0.6) is 0 Å². The largest absolute Gasteiger partial charge is 0.394 e. The van der Waals surface area contributed by atoms with Gasteiger partial charge in [0.05, 0.1) is 31.7 Å². The number of hydrogen-bond donors (Lipinski definition) is 3. The number of carbonyl (C=O) groups is 1. The number of anilines is 2. The number of aliphatic hydroxyl groups excluding tert-OH is 1. The Balaban J connectivity index is 1.78. The van der Waals surface area contributed by atoms with Crippen molar-refractivity contribution in [1.82, 2.24) is 4.98 Å². The van der Waals surface area contributed by atoms with E-state index >= 15 is 0 Å². The third-order valence-corrected chi connectivity index (χ3v) is 3.37. The molecule has 6 nitrogen and oxygen atoms in total. The Morgan fingerprint density at radius 3 is 2.68 bits per heavy atom. The molecule has 0 atom stereocenters. The fourth-order valence-electron chi connectivity index (χ4n) is 1.92. The van der Waals surface area contributed by atoms with Gasteiger partial charge in [0, 0.05) is 17.6 Å². The Hall–Kier alpha value is -2.41. The highest BCUT2D eigenvalue weighted by Gasteiger charge is 2.00. The molecule has 7 heteroatoms. The Morgan fingerprint density at radius 1 is 1.20 bits per heavy atom. The molecule has 2 rings (SSSR count). The molecule has 1 amide bonds. The van der Waals surface area contributed by atoms with Gasteiger partial charge in [0.2, 0.25) is 5.91 Å². The average Bonchev–Trinajstić information content (AvgIpc) is 2.62. The predicted molar refractivity (Wildman–Crippen MR) is 99.7 cm³/mol. The fraction of sp³-hybridized carbons (Fsp3) is 0.222. The Morgan fingerprint density at radius 2 is 2.00 bits per heavy atom. The van der Waals surface area contributed by atoms with E-state index in [1.54, 1.807) is 36.5 Å². The van der Waals surface area contributed by atoms with Gasteiger partial charge < -0.3 is 20.5 Å². The number of pyridine rings is 1. The molecule has 1 aromatic heterocycles. The van der Waals surface area contributed by atoms with Crippen LogP contribution in [0.15, 0.2) is 48.7 Å². The molecular formula is C18H20ClN3O3. The van der Waals surface area contributed by atoms with Gasteiger partial charge in [0.25, 0.3) is 0 Å². The molecule has 0 saturated carbocycles. The first-order valence-electron chi connectivity index (χ1n) is 7.80. The van der Waals surface area contributed by atoms with Crippen molar-refractivity contribution in [3.63, 3.8) is 0 Å². The maximum Gasteiger partial charge on any atom is 0.248 e. The molecule has 0 aliphatic carbocycles. The molecule has 1 aromatic carbocycles. The molecule has 0 radical (unpaired) electrons. The number of rotatable bonds is 9. The summed E-state index contributed by atoms with van der Waals surface area (Å²) in [6, 6.07) is 10.7. The minimum Gasteiger partial charge on any atom is -0.394 e. The van der Waals surface area contributed by atoms with Crippen molar-refractivity contribution in [2.45, 2.75) is 0 Å². The van der Waals surface area contributed by atoms with Crippen LogP contribution in [0.4, 0.5) is 11.5 Å². The summed E-state index contributed by atoms with van der Waals surface area (Å²) in [6.07, 6.45) is 4.74. The van der Waals surface area contributed by atoms with E-state index in [0.717, 1.165) is 5.56 Å². The second-order valence-corrected chi connectivity index (χ2v) is 5.51. The summed E-state index contributed by atoms with van der Waals surface area (Å²) in [6.45, 7) is 1.40. The topological polar surface area (TPSA) is 83.5 Å². The second kappa shape index (κ2) is 10.5. The van der Waals surface area contributed by atoms with Gasteiger partial charge in [0.1, 0.15) is 5.82 Å². The fourth-order valence-corrected chi connectivity index (χ4v) is 2.05. The van der Waals surface area contributed by atoms with Gasteiger partial charge in [0.15, 0.2) is 0 Å². The summed E-state index contributed by atoms with van der Waals surface area (Å²) in [7, 11) is 0. The maximum atomic E-state index is 11.9. The van der Waals surface area contributed by atoms with Crippen LogP contribution in [-0.2, 0) is 9.53 Å². The number of amides is 1. The molecule has 132 valence electrons. The lowest BCUT2D eigenvalue weighted by Gasteiger charge is -2.07. The van der Waals surface area contributed by atoms with Gasteiger partial charge in [-0.1, -0.05) is 23.7 Å². The molecule has 2 aromatic rings. The minimum atomic E-state index is -0.241. The number of hydrogen-bond acceptors (Lipinski definition) is 5. The third-order valence-electron chi connectivity index (χ3n) is 3.12. The molecule has 0 fully saturated rings. The zero-order valence-corrected chi connectivity index (χ0v) is 14.4. The van der Waals surface area contributed by atoms with Crippen molar-refractivity contribution in [3.8, 4) is 0 Å². The normalized spacial score (nSPS) is 10.8. The summed E-state index contributed by atoms with van der Waals surface area (Å²) in [5.74, 6) is 0.442. The van der Waals surface area contributed by atoms with Crippen LogP contribution in [0.25, 0.3) is 6.08 Å². The van der Waals surface area contributed by atoms with Crippen molar-refractivity contribution >= 4 is 35.1 Å². The molecule has 0 aliphatic rings. The van der Waals surface area contributed by atoms with E-state index in [0.29, 0.717) is 36.3 Å². The van der Waals surface area contributed by atoms with Crippen molar-refractivity contribution in [1.29, 1.82) is 0 Å². The SMILES string of the molecule is O=C(/C=C/c1ccc(Cl)cc1)Nc1ccc(NCCOCCO)nc1. The zero-order valence-electron chi connectivity index (χ0n) is 13.6. The van der Waals surface area contributed by atoms with Crippen molar-refractivity contribution in [3.05, 3.63) is 59.3 Å². The van der Waals surface area contributed by atoms with Crippen LogP contribution in [0.1, 0.15) is 5.56 Å². The first-order chi connectivity index (χ1) is 12.2. The maximum absolute atomic E-state index is 11.9. The number of nitrogens with zero attached hydrogens (tertiary/aromatic N) is 1. The molecule has 0 aliphatic heterocycles. The number of carbonyl (C=O) groups excluding carboxylic acids is 1. The molecule has 3 N–H and O–H groups in total. The van der Waals surface area contributed by atoms with Gasteiger partial charge in [-0.25, -0.2) is 4.98 Å². The molecule has 0 saturated heterocycles. The molecule has 0 bridgehead atoms. The monoisotopic (exact) mass is 361 g/mol. The number of ether oxygens (including phenoxy) is 1. The summed E-state index contributed by atoms with van der Waals surface area (Å²) < 4.78 is 5.14. The van der Waals surface area contributed by atoms with Gasteiger partial charge in [-0.05, 0) is 35.9 Å². The van der Waals surface area contributed by atoms with Crippen molar-refractivity contribution in [2.24, 2.45) is 0 Å². The quantitative estimate of drug-likeness (QED) is 0.472. The van der Waals surface area contributed by atoms with Gasteiger partial charge in [-0.3, -0.25) is 4.79 Å². The smallest absolute Gasteiger partial charge is 0.248 e. The molecule has 0 spiro atoms. The Bertz CT molecular complexity index is 688. The van der Waals surface area contributed by atoms with Crippen molar-refractivity contribution < 1.29 is 14.6 Å². The van der Waals surface area contributed by atoms with Gasteiger partial charge in [-0.15, -0.1) is 0 Å². The summed E-state index contributed by atoms with van der Waals surface area (Å²) >= 11 is 5.82. The van der Waals surface area contributed by atoms with Crippen LogP contribution in [0.2, 0.25) is 5.02 Å². The van der Waals surface area contributed by atoms with Crippen LogP contribution >= 0.6 is 11.6 Å². The van der Waals surface area contributed by atoms with Gasteiger partial charge in [-0.2, -0.15) is 0 Å². The van der Waals surface area contributed by atoms with Crippen LogP contribution in [-0.4, -0.2) is 42.4 Å². The Kier molecular flexibility index (Phi) is 7.91. The first kappa shape index (κ1) is 18.9. The van der Waals surface area contributed by atoms with Gasteiger partial charge >= 0.3 is 0 Å². The van der Waals surface area contributed by atoms with Crippen molar-refractivity contribution in [2.75, 3.05) is 37.0 Å². The molecule has 0 unspecified atom stereocenters. The standard InChI is InChI=1S/C18H20ClN3O3/c19-15-4-1-14(2-5-15)3-8-18(24)22-16-6-7-17(21-13-16)20-9-11-25-12-10-23/h1-8,13,23H,9-12H2,(H,20,21)(H,22,24)/b8-3+. The van der Waals surface area contributed by atoms with E-state index in [2.05, 4.69) is 15.6 Å². The van der Waals surface area contributed by atoms with E-state index in [9.17, 15) is 4.79 Å². The highest BCUT2D eigenvalue weighted by Crippen LogP contribution is 2.12. The summed E-state index contributed by atoms with van der Waals surface area (Å²) in [5.41, 5.74) is 1.49. The molecular weight excluding hydrogens is 342 g/mol. The van der Waals surface area contributed by atoms with E-state index < -0.39 is 0 Å². The molecule has 1 heterocycles. The lowest BCUT2D eigenvalue weighted by Crippen LogP contribution is -2.12. The molecule has 25 heavy (non-hydrogen) atoms. The lowest BCUT2D eigenvalue weighted by molar-refractivity contribution is -0.111. The zero-order chi connectivity index (χ0) is 17.9. The van der Waals surface area contributed by atoms with Crippen LogP contribution in [0, 0.1) is 0 Å². The Labute approximate surface area is 151 Å². The average molecular weight is 362 g/mol. The number of aliphatic hydroxyl groups is 1. The van der Waals surface area contributed by atoms with E-state index in [-0.39, 0.29) is 12.5 Å². The number of nitrogens with one attached hydrogen (secondary N) is 2. The van der Waals surface area contributed by atoms with E-state index in [4.69, 9.17) is 21.4 Å². The number of aromatic nitrogens is 1. The predicted octanol–water partition coefficient (Wildman–Crippen LogP) is 2.81. The van der Waals surface area contributed by atoms with E-state index in [1.807, 2.05) is 12.1 Å². The van der Waals surface area contributed by atoms with Crippen LogP contribution < -0.4 is 10.6 Å². The third kappa shape index (κ3) is 7.34. The number of halogens is 1. The minimum absolute atomic E-state index is 0.0130. The lowest BCUT2D eigenvalue weighted by atomic mass is 10.2. The number of benzene rings is 1. The van der Waals surface area contributed by atoms with E-state index in [1.165, 1.54) is 6.08 Å². The first-order valence-corrected chi connectivity index (χ1v) is 8.18.